The van der Waals surface area contributed by atoms with E-state index in [2.05, 4.69) is 17.4 Å². The lowest BCUT2D eigenvalue weighted by Crippen LogP contribution is -2.30. The van der Waals surface area contributed by atoms with Crippen molar-refractivity contribution in [3.8, 4) is 11.5 Å². The number of thioether (sulfide) groups is 1. The standard InChI is InChI=1S/C23H23NO3S/c1-17(27-22-11-7-6-10-21(22)26-2)23(25)24-19-14-12-18(13-15-19)16-28-20-8-4-3-5-9-20/h3-15,17H,16H2,1-2H3,(H,24,25)/t17-/m0/s1. The molecule has 1 atom stereocenters. The fourth-order valence-corrected chi connectivity index (χ4v) is 3.45. The van der Waals surface area contributed by atoms with E-state index in [4.69, 9.17) is 9.47 Å². The van der Waals surface area contributed by atoms with Crippen LogP contribution in [0.25, 0.3) is 0 Å². The van der Waals surface area contributed by atoms with E-state index in [1.807, 2.05) is 54.6 Å². The molecule has 0 aromatic heterocycles. The van der Waals surface area contributed by atoms with Crippen molar-refractivity contribution in [2.45, 2.75) is 23.7 Å². The molecule has 0 spiro atoms. The molecule has 0 aliphatic carbocycles. The van der Waals surface area contributed by atoms with Gasteiger partial charge in [0.2, 0.25) is 0 Å². The van der Waals surface area contributed by atoms with Gasteiger partial charge < -0.3 is 14.8 Å². The highest BCUT2D eigenvalue weighted by Crippen LogP contribution is 2.27. The summed E-state index contributed by atoms with van der Waals surface area (Å²) in [4.78, 5) is 13.7. The van der Waals surface area contributed by atoms with Crippen LogP contribution in [0, 0.1) is 0 Å². The number of para-hydroxylation sites is 2. The average molecular weight is 394 g/mol. The van der Waals surface area contributed by atoms with Crippen molar-refractivity contribution in [1.82, 2.24) is 0 Å². The molecule has 0 fully saturated rings. The van der Waals surface area contributed by atoms with E-state index in [0.29, 0.717) is 11.5 Å². The molecule has 5 heteroatoms. The molecule has 3 aromatic rings. The summed E-state index contributed by atoms with van der Waals surface area (Å²) >= 11 is 1.78. The van der Waals surface area contributed by atoms with Crippen LogP contribution >= 0.6 is 11.8 Å². The number of carbonyl (C=O) groups excluding carboxylic acids is 1. The minimum atomic E-state index is -0.649. The van der Waals surface area contributed by atoms with Crippen LogP contribution in [0.4, 0.5) is 5.69 Å². The van der Waals surface area contributed by atoms with E-state index in [-0.39, 0.29) is 5.91 Å². The van der Waals surface area contributed by atoms with Gasteiger partial charge in [0.25, 0.3) is 5.91 Å². The van der Waals surface area contributed by atoms with Crippen molar-refractivity contribution in [3.63, 3.8) is 0 Å². The molecule has 0 saturated heterocycles. The van der Waals surface area contributed by atoms with Gasteiger partial charge in [-0.2, -0.15) is 0 Å². The van der Waals surface area contributed by atoms with Gasteiger partial charge in [-0.15, -0.1) is 11.8 Å². The molecular weight excluding hydrogens is 370 g/mol. The Balaban J connectivity index is 1.53. The molecule has 3 rings (SSSR count). The highest BCUT2D eigenvalue weighted by molar-refractivity contribution is 7.98. The lowest BCUT2D eigenvalue weighted by Gasteiger charge is -2.16. The molecule has 0 heterocycles. The summed E-state index contributed by atoms with van der Waals surface area (Å²) in [5.41, 5.74) is 1.94. The van der Waals surface area contributed by atoms with Gasteiger partial charge in [-0.25, -0.2) is 0 Å². The Morgan fingerprint density at radius 3 is 2.25 bits per heavy atom. The monoisotopic (exact) mass is 393 g/mol. The number of carbonyl (C=O) groups is 1. The summed E-state index contributed by atoms with van der Waals surface area (Å²) < 4.78 is 11.0. The Labute approximate surface area is 169 Å². The van der Waals surface area contributed by atoms with Gasteiger partial charge >= 0.3 is 0 Å². The van der Waals surface area contributed by atoms with Crippen LogP contribution in [0.1, 0.15) is 12.5 Å². The largest absolute Gasteiger partial charge is 0.493 e. The Kier molecular flexibility index (Phi) is 6.98. The fourth-order valence-electron chi connectivity index (χ4n) is 2.57. The third-order valence-electron chi connectivity index (χ3n) is 4.11. The maximum absolute atomic E-state index is 12.4. The van der Waals surface area contributed by atoms with Crippen LogP contribution in [0.2, 0.25) is 0 Å². The third kappa shape index (κ3) is 5.54. The van der Waals surface area contributed by atoms with E-state index in [1.54, 1.807) is 37.9 Å². The van der Waals surface area contributed by atoms with E-state index in [1.165, 1.54) is 10.5 Å². The SMILES string of the molecule is COc1ccccc1O[C@@H](C)C(=O)Nc1ccc(CSc2ccccc2)cc1. The predicted octanol–water partition coefficient (Wildman–Crippen LogP) is 5.39. The van der Waals surface area contributed by atoms with Crippen molar-refractivity contribution in [2.75, 3.05) is 12.4 Å². The zero-order chi connectivity index (χ0) is 19.8. The zero-order valence-electron chi connectivity index (χ0n) is 15.9. The van der Waals surface area contributed by atoms with Crippen LogP contribution in [0.3, 0.4) is 0 Å². The first kappa shape index (κ1) is 19.8. The van der Waals surface area contributed by atoms with Gasteiger partial charge in [0.1, 0.15) is 0 Å². The van der Waals surface area contributed by atoms with Crippen LogP contribution in [0.15, 0.2) is 83.8 Å². The second kappa shape index (κ2) is 9.85. The van der Waals surface area contributed by atoms with Crippen molar-refractivity contribution >= 4 is 23.4 Å². The molecule has 1 amide bonds. The van der Waals surface area contributed by atoms with Crippen LogP contribution in [0.5, 0.6) is 11.5 Å². The average Bonchev–Trinajstić information content (AvgIpc) is 2.74. The van der Waals surface area contributed by atoms with Gasteiger partial charge in [0.05, 0.1) is 7.11 Å². The highest BCUT2D eigenvalue weighted by atomic mass is 32.2. The number of ether oxygens (including phenoxy) is 2. The third-order valence-corrected chi connectivity index (χ3v) is 5.20. The normalized spacial score (nSPS) is 11.5. The molecule has 0 bridgehead atoms. The second-order valence-electron chi connectivity index (χ2n) is 6.20. The molecule has 0 radical (unpaired) electrons. The minimum Gasteiger partial charge on any atom is -0.493 e. The Bertz CT molecular complexity index is 897. The smallest absolute Gasteiger partial charge is 0.265 e. The maximum atomic E-state index is 12.4. The number of rotatable bonds is 8. The van der Waals surface area contributed by atoms with Crippen molar-refractivity contribution in [3.05, 3.63) is 84.4 Å². The van der Waals surface area contributed by atoms with E-state index >= 15 is 0 Å². The number of anilines is 1. The van der Waals surface area contributed by atoms with E-state index < -0.39 is 6.10 Å². The number of benzene rings is 3. The first-order valence-corrected chi connectivity index (χ1v) is 10.0. The minimum absolute atomic E-state index is 0.211. The van der Waals surface area contributed by atoms with E-state index in [0.717, 1.165) is 11.4 Å². The van der Waals surface area contributed by atoms with Crippen molar-refractivity contribution in [2.24, 2.45) is 0 Å². The number of hydrogen-bond acceptors (Lipinski definition) is 4. The maximum Gasteiger partial charge on any atom is 0.265 e. The highest BCUT2D eigenvalue weighted by Gasteiger charge is 2.16. The molecule has 0 aliphatic rings. The molecule has 0 saturated carbocycles. The summed E-state index contributed by atoms with van der Waals surface area (Å²) in [6.45, 7) is 1.71. The first-order valence-electron chi connectivity index (χ1n) is 9.03. The molecule has 0 unspecified atom stereocenters. The summed E-state index contributed by atoms with van der Waals surface area (Å²) in [5, 5.41) is 2.89. The summed E-state index contributed by atoms with van der Waals surface area (Å²) in [5.74, 6) is 1.81. The summed E-state index contributed by atoms with van der Waals surface area (Å²) in [6.07, 6.45) is -0.649. The quantitative estimate of drug-likeness (QED) is 0.521. The van der Waals surface area contributed by atoms with E-state index in [9.17, 15) is 4.79 Å². The van der Waals surface area contributed by atoms with Gasteiger partial charge in [-0.1, -0.05) is 42.5 Å². The molecule has 1 N–H and O–H groups in total. The number of nitrogens with one attached hydrogen (secondary N) is 1. The first-order chi connectivity index (χ1) is 13.7. The van der Waals surface area contributed by atoms with Gasteiger partial charge in [-0.05, 0) is 48.9 Å². The predicted molar refractivity (Wildman–Crippen MR) is 114 cm³/mol. The molecular formula is C23H23NO3S. The van der Waals surface area contributed by atoms with Gasteiger partial charge in [0.15, 0.2) is 17.6 Å². The summed E-state index contributed by atoms with van der Waals surface area (Å²) in [6, 6.07) is 25.4. The number of amides is 1. The zero-order valence-corrected chi connectivity index (χ0v) is 16.7. The molecule has 144 valence electrons. The molecule has 3 aromatic carbocycles. The van der Waals surface area contributed by atoms with Crippen LogP contribution in [-0.4, -0.2) is 19.1 Å². The number of methoxy groups -OCH3 is 1. The molecule has 28 heavy (non-hydrogen) atoms. The van der Waals surface area contributed by atoms with Gasteiger partial charge in [0, 0.05) is 16.3 Å². The second-order valence-corrected chi connectivity index (χ2v) is 7.25. The summed E-state index contributed by atoms with van der Waals surface area (Å²) in [7, 11) is 1.57. The molecule has 4 nitrogen and oxygen atoms in total. The molecule has 0 aliphatic heterocycles. The fraction of sp³-hybridized carbons (Fsp3) is 0.174. The van der Waals surface area contributed by atoms with Crippen LogP contribution in [-0.2, 0) is 10.5 Å². The lowest BCUT2D eigenvalue weighted by molar-refractivity contribution is -0.122. The lowest BCUT2D eigenvalue weighted by atomic mass is 10.2. The van der Waals surface area contributed by atoms with Crippen molar-refractivity contribution < 1.29 is 14.3 Å². The Morgan fingerprint density at radius 2 is 1.57 bits per heavy atom. The van der Waals surface area contributed by atoms with Crippen LogP contribution < -0.4 is 14.8 Å². The topological polar surface area (TPSA) is 47.6 Å². The Morgan fingerprint density at radius 1 is 0.929 bits per heavy atom. The Hall–Kier alpha value is -2.92. The van der Waals surface area contributed by atoms with Crippen molar-refractivity contribution in [1.29, 1.82) is 0 Å². The van der Waals surface area contributed by atoms with Gasteiger partial charge in [-0.3, -0.25) is 4.79 Å². The number of hydrogen-bond donors (Lipinski definition) is 1.